The molecule has 28 heavy (non-hydrogen) atoms. The Kier molecular flexibility index (Phi) is 4.80. The number of carbonyl (C=O) groups excluding carboxylic acids is 3. The quantitative estimate of drug-likeness (QED) is 0.677. The summed E-state index contributed by atoms with van der Waals surface area (Å²) in [5.74, 6) is 0.247. The summed E-state index contributed by atoms with van der Waals surface area (Å²) in [5.41, 5.74) is 1.29. The lowest BCUT2D eigenvalue weighted by Crippen LogP contribution is -2.44. The molecule has 2 aromatic rings. The Bertz CT molecular complexity index is 960. The number of amides is 3. The van der Waals surface area contributed by atoms with Gasteiger partial charge in [-0.2, -0.15) is 0 Å². The van der Waals surface area contributed by atoms with Crippen molar-refractivity contribution in [2.45, 2.75) is 25.9 Å². The zero-order valence-corrected chi connectivity index (χ0v) is 16.6. The third-order valence-electron chi connectivity index (χ3n) is 4.78. The van der Waals surface area contributed by atoms with E-state index in [1.807, 2.05) is 6.07 Å². The van der Waals surface area contributed by atoms with Gasteiger partial charge in [0.25, 0.3) is 5.91 Å². The minimum absolute atomic E-state index is 0.0426. The predicted octanol–water partition coefficient (Wildman–Crippen LogP) is 2.86. The van der Waals surface area contributed by atoms with Crippen LogP contribution < -0.4 is 14.4 Å². The van der Waals surface area contributed by atoms with Crippen molar-refractivity contribution in [3.8, 4) is 11.5 Å². The highest BCUT2D eigenvalue weighted by atomic mass is 79.9. The van der Waals surface area contributed by atoms with Crippen LogP contribution in [0.25, 0.3) is 0 Å². The van der Waals surface area contributed by atoms with Gasteiger partial charge in [0, 0.05) is 17.9 Å². The van der Waals surface area contributed by atoms with Gasteiger partial charge in [0.15, 0.2) is 11.5 Å². The van der Waals surface area contributed by atoms with Gasteiger partial charge in [-0.05, 0) is 42.0 Å². The maximum Gasteiger partial charge on any atom is 0.257 e. The second kappa shape index (κ2) is 7.27. The molecule has 0 bridgehead atoms. The molecule has 0 saturated carbocycles. The summed E-state index contributed by atoms with van der Waals surface area (Å²) < 4.78 is 11.5. The van der Waals surface area contributed by atoms with Gasteiger partial charge in [-0.25, -0.2) is 4.90 Å². The molecule has 0 aromatic heterocycles. The standard InChI is InChI=1S/C20H17BrN2O5/c1-12(24)22(10-13-2-7-17-18(8-13)28-11-27-17)16-9-19(25)23(20(16)26)15-5-3-14(21)4-6-15/h2-8,16H,9-11H2,1H3/t16-/m1/s1. The molecule has 4 rings (SSSR count). The van der Waals surface area contributed by atoms with Crippen LogP contribution in [0.1, 0.15) is 18.9 Å². The van der Waals surface area contributed by atoms with Crippen LogP contribution in [-0.2, 0) is 20.9 Å². The molecular weight excluding hydrogens is 428 g/mol. The highest BCUT2D eigenvalue weighted by Gasteiger charge is 2.43. The maximum absolute atomic E-state index is 13.0. The lowest BCUT2D eigenvalue weighted by atomic mass is 10.1. The van der Waals surface area contributed by atoms with Gasteiger partial charge in [-0.1, -0.05) is 22.0 Å². The van der Waals surface area contributed by atoms with Crippen LogP contribution in [0, 0.1) is 0 Å². The Labute approximate surface area is 169 Å². The number of ether oxygens (including phenoxy) is 2. The van der Waals surface area contributed by atoms with E-state index in [1.165, 1.54) is 11.8 Å². The van der Waals surface area contributed by atoms with Gasteiger partial charge in [-0.15, -0.1) is 0 Å². The Morgan fingerprint density at radius 1 is 1.14 bits per heavy atom. The number of hydrogen-bond acceptors (Lipinski definition) is 5. The molecule has 0 unspecified atom stereocenters. The van der Waals surface area contributed by atoms with Crippen LogP contribution in [0.15, 0.2) is 46.9 Å². The zero-order valence-electron chi connectivity index (χ0n) is 15.1. The van der Waals surface area contributed by atoms with Crippen LogP contribution in [0.3, 0.4) is 0 Å². The van der Waals surface area contributed by atoms with E-state index >= 15 is 0 Å². The predicted molar refractivity (Wildman–Crippen MR) is 104 cm³/mol. The summed E-state index contributed by atoms with van der Waals surface area (Å²) in [6.07, 6.45) is -0.0426. The fraction of sp³-hybridized carbons (Fsp3) is 0.250. The molecule has 144 valence electrons. The highest BCUT2D eigenvalue weighted by Crippen LogP contribution is 2.34. The van der Waals surface area contributed by atoms with Crippen molar-refractivity contribution in [1.82, 2.24) is 4.90 Å². The summed E-state index contributed by atoms with van der Waals surface area (Å²) in [6, 6.07) is 11.4. The van der Waals surface area contributed by atoms with Gasteiger partial charge in [-0.3, -0.25) is 14.4 Å². The molecule has 1 atom stereocenters. The molecule has 2 aliphatic rings. The average Bonchev–Trinajstić information content (AvgIpc) is 3.24. The first-order valence-corrected chi connectivity index (χ1v) is 9.51. The number of rotatable bonds is 4. The Hall–Kier alpha value is -2.87. The molecule has 1 fully saturated rings. The van der Waals surface area contributed by atoms with Crippen molar-refractivity contribution < 1.29 is 23.9 Å². The van der Waals surface area contributed by atoms with Crippen molar-refractivity contribution in [2.24, 2.45) is 0 Å². The first kappa shape index (κ1) is 18.5. The van der Waals surface area contributed by atoms with Crippen LogP contribution in [0.5, 0.6) is 11.5 Å². The molecule has 2 aliphatic heterocycles. The number of nitrogens with zero attached hydrogens (tertiary/aromatic N) is 2. The second-order valence-electron chi connectivity index (χ2n) is 6.60. The van der Waals surface area contributed by atoms with Crippen molar-refractivity contribution in [2.75, 3.05) is 11.7 Å². The van der Waals surface area contributed by atoms with E-state index in [9.17, 15) is 14.4 Å². The first-order chi connectivity index (χ1) is 13.4. The Morgan fingerprint density at radius 3 is 2.57 bits per heavy atom. The molecule has 1 saturated heterocycles. The van der Waals surface area contributed by atoms with Gasteiger partial charge in [0.1, 0.15) is 6.04 Å². The first-order valence-electron chi connectivity index (χ1n) is 8.72. The van der Waals surface area contributed by atoms with Gasteiger partial charge in [0.05, 0.1) is 12.1 Å². The molecule has 2 aromatic carbocycles. The largest absolute Gasteiger partial charge is 0.454 e. The number of halogens is 1. The van der Waals surface area contributed by atoms with Crippen LogP contribution in [0.2, 0.25) is 0 Å². The minimum atomic E-state index is -0.834. The fourth-order valence-corrected chi connectivity index (χ4v) is 3.66. The summed E-state index contributed by atoms with van der Waals surface area (Å²) in [7, 11) is 0. The van der Waals surface area contributed by atoms with E-state index in [0.717, 1.165) is 14.9 Å². The van der Waals surface area contributed by atoms with E-state index in [4.69, 9.17) is 9.47 Å². The minimum Gasteiger partial charge on any atom is -0.454 e. The number of benzene rings is 2. The van der Waals surface area contributed by atoms with Crippen LogP contribution in [-0.4, -0.2) is 35.5 Å². The van der Waals surface area contributed by atoms with E-state index in [0.29, 0.717) is 17.2 Å². The van der Waals surface area contributed by atoms with Gasteiger partial charge in [0.2, 0.25) is 18.6 Å². The molecule has 0 spiro atoms. The summed E-state index contributed by atoms with van der Waals surface area (Å²) in [4.78, 5) is 40.4. The second-order valence-corrected chi connectivity index (χ2v) is 7.51. The Balaban J connectivity index is 1.58. The smallest absolute Gasteiger partial charge is 0.257 e. The number of carbonyl (C=O) groups is 3. The van der Waals surface area contributed by atoms with E-state index < -0.39 is 11.9 Å². The molecule has 0 aliphatic carbocycles. The number of anilines is 1. The van der Waals surface area contributed by atoms with Crippen molar-refractivity contribution in [3.63, 3.8) is 0 Å². The van der Waals surface area contributed by atoms with Crippen molar-refractivity contribution in [1.29, 1.82) is 0 Å². The third kappa shape index (κ3) is 3.35. The van der Waals surface area contributed by atoms with Gasteiger partial charge >= 0.3 is 0 Å². The topological polar surface area (TPSA) is 76.2 Å². The van der Waals surface area contributed by atoms with E-state index in [-0.39, 0.29) is 31.6 Å². The normalized spacial score (nSPS) is 17.9. The molecule has 7 nitrogen and oxygen atoms in total. The highest BCUT2D eigenvalue weighted by molar-refractivity contribution is 9.10. The molecule has 2 heterocycles. The number of hydrogen-bond donors (Lipinski definition) is 0. The SMILES string of the molecule is CC(=O)N(Cc1ccc2c(c1)OCO2)[C@@H]1CC(=O)N(c2ccc(Br)cc2)C1=O. The zero-order chi connectivity index (χ0) is 19.8. The number of imide groups is 1. The maximum atomic E-state index is 13.0. The van der Waals surface area contributed by atoms with Gasteiger partial charge < -0.3 is 14.4 Å². The van der Waals surface area contributed by atoms with Crippen molar-refractivity contribution >= 4 is 39.3 Å². The lowest BCUT2D eigenvalue weighted by Gasteiger charge is -2.26. The number of fused-ring (bicyclic) bond motifs is 1. The lowest BCUT2D eigenvalue weighted by molar-refractivity contribution is -0.137. The van der Waals surface area contributed by atoms with Crippen LogP contribution in [0.4, 0.5) is 5.69 Å². The summed E-state index contributed by atoms with van der Waals surface area (Å²) in [5, 5.41) is 0. The van der Waals surface area contributed by atoms with Crippen LogP contribution >= 0.6 is 15.9 Å². The molecule has 0 radical (unpaired) electrons. The third-order valence-corrected chi connectivity index (χ3v) is 5.31. The molecule has 3 amide bonds. The van der Waals surface area contributed by atoms with Crippen molar-refractivity contribution in [3.05, 3.63) is 52.5 Å². The molecule has 0 N–H and O–H groups in total. The average molecular weight is 445 g/mol. The summed E-state index contributed by atoms with van der Waals surface area (Å²) >= 11 is 3.34. The monoisotopic (exact) mass is 444 g/mol. The summed E-state index contributed by atoms with van der Waals surface area (Å²) in [6.45, 7) is 1.75. The fourth-order valence-electron chi connectivity index (χ4n) is 3.40. The van der Waals surface area contributed by atoms with E-state index in [1.54, 1.807) is 36.4 Å². The Morgan fingerprint density at radius 2 is 1.86 bits per heavy atom. The molecular formula is C20H17BrN2O5. The molecule has 8 heteroatoms. The van der Waals surface area contributed by atoms with E-state index in [2.05, 4.69) is 15.9 Å².